The smallest absolute Gasteiger partial charge is 0.119 e. The van der Waals surface area contributed by atoms with Crippen molar-refractivity contribution in [3.05, 3.63) is 60.0 Å². The quantitative estimate of drug-likeness (QED) is 0.486. The largest absolute Gasteiger partial charge is 0.508 e. The van der Waals surface area contributed by atoms with Crippen LogP contribution in [0.1, 0.15) is 38.7 Å². The molecule has 0 amide bonds. The first-order chi connectivity index (χ1) is 11.4. The van der Waals surface area contributed by atoms with Gasteiger partial charge in [0.25, 0.3) is 0 Å². The molecular formula is C20H30N2O2. The Balaban J connectivity index is 0.000000254. The molecule has 0 fully saturated rings. The summed E-state index contributed by atoms with van der Waals surface area (Å²) < 4.78 is 0. The maximum atomic E-state index is 9.18. The summed E-state index contributed by atoms with van der Waals surface area (Å²) in [5, 5.41) is 21.3. The van der Waals surface area contributed by atoms with Crippen LogP contribution >= 0.6 is 0 Å². The van der Waals surface area contributed by atoms with E-state index in [-0.39, 0.29) is 11.5 Å². The second-order valence-electron chi connectivity index (χ2n) is 6.29. The van der Waals surface area contributed by atoms with E-state index in [4.69, 9.17) is 5.73 Å². The Bertz CT molecular complexity index is 571. The Morgan fingerprint density at radius 3 is 2.50 bits per heavy atom. The molecule has 4 heteroatoms. The van der Waals surface area contributed by atoms with E-state index in [2.05, 4.69) is 31.8 Å². The number of phenolic OH excluding ortho intramolecular Hbond substituents is 2. The molecule has 132 valence electrons. The van der Waals surface area contributed by atoms with E-state index in [1.165, 1.54) is 37.1 Å². The van der Waals surface area contributed by atoms with Gasteiger partial charge in [-0.2, -0.15) is 0 Å². The van der Waals surface area contributed by atoms with Crippen molar-refractivity contribution >= 4 is 0 Å². The predicted octanol–water partition coefficient (Wildman–Crippen LogP) is 3.97. The molecule has 5 N–H and O–H groups in total. The Kier molecular flexibility index (Phi) is 8.55. The summed E-state index contributed by atoms with van der Waals surface area (Å²) in [5.74, 6) is 0.924. The highest BCUT2D eigenvalue weighted by Gasteiger charge is 2.11. The fourth-order valence-corrected chi connectivity index (χ4v) is 2.58. The van der Waals surface area contributed by atoms with Gasteiger partial charge in [0.05, 0.1) is 0 Å². The molecule has 1 aliphatic rings. The van der Waals surface area contributed by atoms with Crippen LogP contribution in [-0.2, 0) is 6.42 Å². The van der Waals surface area contributed by atoms with Crippen LogP contribution in [0.3, 0.4) is 0 Å². The zero-order valence-electron chi connectivity index (χ0n) is 14.8. The summed E-state index contributed by atoms with van der Waals surface area (Å²) >= 11 is 0. The van der Waals surface area contributed by atoms with Gasteiger partial charge in [0.15, 0.2) is 0 Å². The van der Waals surface area contributed by atoms with E-state index in [1.807, 2.05) is 0 Å². The summed E-state index contributed by atoms with van der Waals surface area (Å²) in [6, 6.07) is 4.54. The molecule has 0 radical (unpaired) electrons. The normalized spacial score (nSPS) is 16.9. The van der Waals surface area contributed by atoms with Gasteiger partial charge in [-0.15, -0.1) is 0 Å². The molecule has 1 aromatic rings. The van der Waals surface area contributed by atoms with Crippen molar-refractivity contribution in [2.24, 2.45) is 11.7 Å². The summed E-state index contributed by atoms with van der Waals surface area (Å²) in [7, 11) is 0. The molecule has 1 aromatic carbocycles. The van der Waals surface area contributed by atoms with Gasteiger partial charge in [-0.05, 0) is 63.1 Å². The Labute approximate surface area is 145 Å². The molecule has 0 bridgehead atoms. The maximum Gasteiger partial charge on any atom is 0.119 e. The molecule has 0 saturated carbocycles. The van der Waals surface area contributed by atoms with Crippen LogP contribution in [0.2, 0.25) is 0 Å². The van der Waals surface area contributed by atoms with E-state index in [0.29, 0.717) is 13.0 Å². The monoisotopic (exact) mass is 330 g/mol. The van der Waals surface area contributed by atoms with E-state index in [9.17, 15) is 10.2 Å². The Morgan fingerprint density at radius 1 is 1.33 bits per heavy atom. The van der Waals surface area contributed by atoms with Gasteiger partial charge in [-0.25, -0.2) is 0 Å². The topological polar surface area (TPSA) is 78.5 Å². The second-order valence-corrected chi connectivity index (χ2v) is 6.29. The molecule has 0 aliphatic heterocycles. The average molecular weight is 330 g/mol. The molecule has 0 saturated heterocycles. The number of rotatable bonds is 5. The molecule has 4 nitrogen and oxygen atoms in total. The van der Waals surface area contributed by atoms with Crippen molar-refractivity contribution in [3.8, 4) is 11.5 Å². The summed E-state index contributed by atoms with van der Waals surface area (Å²) in [6.07, 6.45) is 9.94. The predicted molar refractivity (Wildman–Crippen MR) is 101 cm³/mol. The number of allylic oxidation sites excluding steroid dienone is 3. The lowest BCUT2D eigenvalue weighted by Gasteiger charge is -2.19. The van der Waals surface area contributed by atoms with Gasteiger partial charge in [-0.1, -0.05) is 23.8 Å². The standard InChI is InChI=1S/C10H14N2O2.C10H16/c11-2-4-12-3-1-8-5-9(13)7-10(14)6-8;1-8(2)10-6-4-9(3)5-7-10/h2,4-7,12-14H,1,3,11H2;4,10H,1,5-7H2,2-3H3/b4-2-;. The minimum atomic E-state index is 0.0781. The van der Waals surface area contributed by atoms with Gasteiger partial charge < -0.3 is 21.3 Å². The van der Waals surface area contributed by atoms with E-state index >= 15 is 0 Å². The molecule has 0 aromatic heterocycles. The van der Waals surface area contributed by atoms with Gasteiger partial charge in [0.2, 0.25) is 0 Å². The minimum absolute atomic E-state index is 0.0781. The highest BCUT2D eigenvalue weighted by atomic mass is 16.3. The third-order valence-electron chi connectivity index (χ3n) is 4.07. The molecule has 0 spiro atoms. The van der Waals surface area contributed by atoms with Gasteiger partial charge >= 0.3 is 0 Å². The molecule has 1 atom stereocenters. The van der Waals surface area contributed by atoms with Crippen LogP contribution in [0.5, 0.6) is 11.5 Å². The first-order valence-electron chi connectivity index (χ1n) is 8.35. The lowest BCUT2D eigenvalue weighted by atomic mass is 9.86. The number of hydrogen-bond donors (Lipinski definition) is 4. The van der Waals surface area contributed by atoms with Gasteiger partial charge in [0.1, 0.15) is 11.5 Å². The first-order valence-corrected chi connectivity index (χ1v) is 8.35. The number of benzene rings is 1. The Hall–Kier alpha value is -2.36. The van der Waals surface area contributed by atoms with Crippen LogP contribution in [0.15, 0.2) is 54.4 Å². The van der Waals surface area contributed by atoms with Crippen molar-refractivity contribution in [1.29, 1.82) is 0 Å². The SMILES string of the molecule is C=C(C)C1CC=C(C)CC1.N/C=C\NCCc1cc(O)cc(O)c1. The number of nitrogens with two attached hydrogens (primary N) is 1. The summed E-state index contributed by atoms with van der Waals surface area (Å²) in [4.78, 5) is 0. The minimum Gasteiger partial charge on any atom is -0.508 e. The highest BCUT2D eigenvalue weighted by molar-refractivity contribution is 5.36. The number of phenols is 2. The van der Waals surface area contributed by atoms with Crippen LogP contribution in [-0.4, -0.2) is 16.8 Å². The van der Waals surface area contributed by atoms with E-state index < -0.39 is 0 Å². The first kappa shape index (κ1) is 19.7. The van der Waals surface area contributed by atoms with Gasteiger partial charge in [-0.3, -0.25) is 0 Å². The van der Waals surface area contributed by atoms with Crippen molar-refractivity contribution in [2.75, 3.05) is 6.54 Å². The van der Waals surface area contributed by atoms with Crippen LogP contribution in [0.4, 0.5) is 0 Å². The number of hydrogen-bond acceptors (Lipinski definition) is 4. The van der Waals surface area contributed by atoms with Crippen LogP contribution < -0.4 is 11.1 Å². The Morgan fingerprint density at radius 2 is 2.00 bits per heavy atom. The third-order valence-corrected chi connectivity index (χ3v) is 4.07. The third kappa shape index (κ3) is 7.77. The highest BCUT2D eigenvalue weighted by Crippen LogP contribution is 2.27. The van der Waals surface area contributed by atoms with Crippen LogP contribution in [0.25, 0.3) is 0 Å². The number of aromatic hydroxyl groups is 2. The molecule has 24 heavy (non-hydrogen) atoms. The maximum absolute atomic E-state index is 9.18. The lowest BCUT2D eigenvalue weighted by molar-refractivity contribution is 0.449. The fourth-order valence-electron chi connectivity index (χ4n) is 2.58. The zero-order chi connectivity index (χ0) is 17.9. The van der Waals surface area contributed by atoms with Gasteiger partial charge in [0, 0.05) is 25.0 Å². The molecule has 2 rings (SSSR count). The molecule has 1 unspecified atom stereocenters. The van der Waals surface area contributed by atoms with E-state index in [0.717, 1.165) is 11.5 Å². The zero-order valence-corrected chi connectivity index (χ0v) is 14.8. The number of nitrogens with one attached hydrogen (secondary N) is 1. The van der Waals surface area contributed by atoms with Crippen molar-refractivity contribution in [1.82, 2.24) is 5.32 Å². The fraction of sp³-hybridized carbons (Fsp3) is 0.400. The van der Waals surface area contributed by atoms with Crippen molar-refractivity contribution < 1.29 is 10.2 Å². The van der Waals surface area contributed by atoms with E-state index in [1.54, 1.807) is 23.9 Å². The van der Waals surface area contributed by atoms with Crippen LogP contribution in [0, 0.1) is 5.92 Å². The molecule has 1 aliphatic carbocycles. The molecule has 0 heterocycles. The van der Waals surface area contributed by atoms with Crippen molar-refractivity contribution in [2.45, 2.75) is 39.5 Å². The lowest BCUT2D eigenvalue weighted by Crippen LogP contribution is -2.10. The summed E-state index contributed by atoms with van der Waals surface area (Å²) in [6.45, 7) is 9.03. The van der Waals surface area contributed by atoms with Crippen molar-refractivity contribution in [3.63, 3.8) is 0 Å². The second kappa shape index (κ2) is 10.4. The summed E-state index contributed by atoms with van der Waals surface area (Å²) in [5.41, 5.74) is 8.91. The molecular weight excluding hydrogens is 300 g/mol. The average Bonchev–Trinajstić information content (AvgIpc) is 2.52.